The summed E-state index contributed by atoms with van der Waals surface area (Å²) in [5.74, 6) is 0. The maximum atomic E-state index is 5.37. The minimum absolute atomic E-state index is 0.310. The lowest BCUT2D eigenvalue weighted by atomic mass is 10.0. The van der Waals surface area contributed by atoms with Gasteiger partial charge in [-0.15, -0.1) is 0 Å². The van der Waals surface area contributed by atoms with E-state index in [9.17, 15) is 0 Å². The van der Waals surface area contributed by atoms with Crippen molar-refractivity contribution in [2.75, 3.05) is 33.4 Å². The van der Waals surface area contributed by atoms with E-state index in [0.29, 0.717) is 12.1 Å². The fourth-order valence-electron chi connectivity index (χ4n) is 2.79. The largest absolute Gasteiger partial charge is 0.383 e. The van der Waals surface area contributed by atoms with Crippen molar-refractivity contribution < 1.29 is 4.74 Å². The predicted molar refractivity (Wildman–Crippen MR) is 79.3 cm³/mol. The molecule has 3 nitrogen and oxygen atoms in total. The maximum Gasteiger partial charge on any atom is 0.0657 e. The molecule has 19 heavy (non-hydrogen) atoms. The number of benzene rings is 1. The minimum atomic E-state index is 0.310. The number of nitrogens with one attached hydrogen (secondary N) is 1. The van der Waals surface area contributed by atoms with E-state index >= 15 is 0 Å². The predicted octanol–water partition coefficient (Wildman–Crippen LogP) is 2.45. The Morgan fingerprint density at radius 1 is 1.26 bits per heavy atom. The molecule has 0 aromatic heterocycles. The Balaban J connectivity index is 1.91. The fraction of sp³-hybridized carbons (Fsp3) is 0.625. The lowest BCUT2D eigenvalue weighted by molar-refractivity contribution is 0.143. The first-order chi connectivity index (χ1) is 9.33. The monoisotopic (exact) mass is 262 g/mol. The van der Waals surface area contributed by atoms with Crippen molar-refractivity contribution in [3.8, 4) is 0 Å². The molecule has 1 aliphatic rings. The van der Waals surface area contributed by atoms with E-state index in [2.05, 4.69) is 47.5 Å². The summed E-state index contributed by atoms with van der Waals surface area (Å²) in [7, 11) is 1.78. The third-order valence-electron chi connectivity index (χ3n) is 4.01. The molecule has 1 aromatic carbocycles. The molecule has 2 rings (SSSR count). The number of hydrogen-bond donors (Lipinski definition) is 1. The van der Waals surface area contributed by atoms with Gasteiger partial charge in [-0.3, -0.25) is 0 Å². The van der Waals surface area contributed by atoms with E-state index in [1.165, 1.54) is 38.0 Å². The molecule has 106 valence electrons. The van der Waals surface area contributed by atoms with Gasteiger partial charge in [0.1, 0.15) is 0 Å². The van der Waals surface area contributed by atoms with Gasteiger partial charge in [-0.05, 0) is 38.0 Å². The highest BCUT2D eigenvalue weighted by Crippen LogP contribution is 2.18. The lowest BCUT2D eigenvalue weighted by Crippen LogP contribution is -2.44. The molecule has 1 heterocycles. The van der Waals surface area contributed by atoms with Crippen LogP contribution in [0, 0.1) is 0 Å². The molecule has 0 amide bonds. The van der Waals surface area contributed by atoms with Crippen LogP contribution < -0.4 is 5.32 Å². The lowest BCUT2D eigenvalue weighted by Gasteiger charge is -2.34. The number of likely N-dealkylation sites (tertiary alicyclic amines) is 1. The summed E-state index contributed by atoms with van der Waals surface area (Å²) >= 11 is 0. The molecule has 0 aliphatic carbocycles. The number of nitrogens with zero attached hydrogens (tertiary/aromatic N) is 1. The zero-order valence-electron chi connectivity index (χ0n) is 12.1. The van der Waals surface area contributed by atoms with Crippen molar-refractivity contribution in [1.82, 2.24) is 10.2 Å². The second kappa shape index (κ2) is 7.63. The van der Waals surface area contributed by atoms with E-state index in [4.69, 9.17) is 4.74 Å². The van der Waals surface area contributed by atoms with Crippen LogP contribution in [0.15, 0.2) is 30.3 Å². The Labute approximate surface area is 116 Å². The number of methoxy groups -OCH3 is 1. The first-order valence-corrected chi connectivity index (χ1v) is 7.35. The highest BCUT2D eigenvalue weighted by Gasteiger charge is 2.21. The number of ether oxygens (including phenoxy) is 1. The molecule has 1 N–H and O–H groups in total. The average Bonchev–Trinajstić information content (AvgIpc) is 2.48. The molecular weight excluding hydrogens is 236 g/mol. The fourth-order valence-corrected chi connectivity index (χ4v) is 2.79. The molecule has 1 saturated heterocycles. The van der Waals surface area contributed by atoms with Gasteiger partial charge in [0.15, 0.2) is 0 Å². The second-order valence-electron chi connectivity index (χ2n) is 5.29. The SMILES string of the molecule is CCN1CCC(NC(COC)c2ccccc2)CC1. The summed E-state index contributed by atoms with van der Waals surface area (Å²) in [4.78, 5) is 2.52. The van der Waals surface area contributed by atoms with Crippen LogP contribution in [0.3, 0.4) is 0 Å². The van der Waals surface area contributed by atoms with Crippen LogP contribution >= 0.6 is 0 Å². The Bertz CT molecular complexity index is 347. The Morgan fingerprint density at radius 2 is 1.95 bits per heavy atom. The molecule has 0 spiro atoms. The van der Waals surface area contributed by atoms with Crippen molar-refractivity contribution in [3.63, 3.8) is 0 Å². The molecule has 0 bridgehead atoms. The molecule has 1 fully saturated rings. The van der Waals surface area contributed by atoms with Crippen molar-refractivity contribution in [2.45, 2.75) is 31.8 Å². The summed E-state index contributed by atoms with van der Waals surface area (Å²) in [6, 6.07) is 11.5. The third kappa shape index (κ3) is 4.30. The highest BCUT2D eigenvalue weighted by molar-refractivity contribution is 5.19. The standard InChI is InChI=1S/C16H26N2O/c1-3-18-11-9-15(10-12-18)17-16(13-19-2)14-7-5-4-6-8-14/h4-8,15-17H,3,9-13H2,1-2H3. The van der Waals surface area contributed by atoms with E-state index in [1.54, 1.807) is 7.11 Å². The van der Waals surface area contributed by atoms with Gasteiger partial charge in [-0.1, -0.05) is 37.3 Å². The first-order valence-electron chi connectivity index (χ1n) is 7.35. The second-order valence-corrected chi connectivity index (χ2v) is 5.29. The first kappa shape index (κ1) is 14.5. The van der Waals surface area contributed by atoms with Crippen molar-refractivity contribution >= 4 is 0 Å². The molecule has 1 unspecified atom stereocenters. The molecule has 1 aliphatic heterocycles. The Hall–Kier alpha value is -0.900. The zero-order chi connectivity index (χ0) is 13.5. The van der Waals surface area contributed by atoms with Crippen LogP contribution in [-0.4, -0.2) is 44.3 Å². The van der Waals surface area contributed by atoms with Gasteiger partial charge in [0.2, 0.25) is 0 Å². The van der Waals surface area contributed by atoms with Gasteiger partial charge in [0.25, 0.3) is 0 Å². The summed E-state index contributed by atoms with van der Waals surface area (Å²) in [5.41, 5.74) is 1.32. The van der Waals surface area contributed by atoms with Crippen molar-refractivity contribution in [1.29, 1.82) is 0 Å². The van der Waals surface area contributed by atoms with Crippen LogP contribution in [0.25, 0.3) is 0 Å². The third-order valence-corrected chi connectivity index (χ3v) is 4.01. The smallest absolute Gasteiger partial charge is 0.0657 e. The Morgan fingerprint density at radius 3 is 2.53 bits per heavy atom. The summed E-state index contributed by atoms with van der Waals surface area (Å²) in [6.07, 6.45) is 2.47. The van der Waals surface area contributed by atoms with Crippen LogP contribution in [-0.2, 0) is 4.74 Å². The Kier molecular flexibility index (Phi) is 5.83. The molecule has 1 atom stereocenters. The van der Waals surface area contributed by atoms with Gasteiger partial charge >= 0.3 is 0 Å². The van der Waals surface area contributed by atoms with E-state index < -0.39 is 0 Å². The van der Waals surface area contributed by atoms with Crippen LogP contribution in [0.4, 0.5) is 0 Å². The minimum Gasteiger partial charge on any atom is -0.383 e. The topological polar surface area (TPSA) is 24.5 Å². The number of piperidine rings is 1. The summed E-state index contributed by atoms with van der Waals surface area (Å²) in [5, 5.41) is 3.77. The normalized spacial score (nSPS) is 19.5. The van der Waals surface area contributed by atoms with Gasteiger partial charge in [0, 0.05) is 13.2 Å². The molecular formula is C16H26N2O. The highest BCUT2D eigenvalue weighted by atomic mass is 16.5. The van der Waals surface area contributed by atoms with E-state index in [-0.39, 0.29) is 0 Å². The number of rotatable bonds is 6. The molecule has 0 radical (unpaired) electrons. The zero-order valence-corrected chi connectivity index (χ0v) is 12.1. The molecule has 1 aromatic rings. The average molecular weight is 262 g/mol. The van der Waals surface area contributed by atoms with Crippen LogP contribution in [0.1, 0.15) is 31.4 Å². The summed E-state index contributed by atoms with van der Waals surface area (Å²) in [6.45, 7) is 6.57. The van der Waals surface area contributed by atoms with Crippen LogP contribution in [0.5, 0.6) is 0 Å². The van der Waals surface area contributed by atoms with E-state index in [0.717, 1.165) is 6.61 Å². The quantitative estimate of drug-likeness (QED) is 0.852. The van der Waals surface area contributed by atoms with Gasteiger partial charge < -0.3 is 15.0 Å². The maximum absolute atomic E-state index is 5.37. The van der Waals surface area contributed by atoms with E-state index in [1.807, 2.05) is 0 Å². The van der Waals surface area contributed by atoms with Gasteiger partial charge in [-0.2, -0.15) is 0 Å². The van der Waals surface area contributed by atoms with Crippen LogP contribution in [0.2, 0.25) is 0 Å². The van der Waals surface area contributed by atoms with Gasteiger partial charge in [-0.25, -0.2) is 0 Å². The van der Waals surface area contributed by atoms with Gasteiger partial charge in [0.05, 0.1) is 12.6 Å². The molecule has 3 heteroatoms. The number of hydrogen-bond acceptors (Lipinski definition) is 3. The van der Waals surface area contributed by atoms with Crippen molar-refractivity contribution in [2.24, 2.45) is 0 Å². The van der Waals surface area contributed by atoms with Crippen molar-refractivity contribution in [3.05, 3.63) is 35.9 Å². The summed E-state index contributed by atoms with van der Waals surface area (Å²) < 4.78 is 5.37. The molecule has 0 saturated carbocycles.